The lowest BCUT2D eigenvalue weighted by atomic mass is 10.0. The molecule has 5 heteroatoms. The van der Waals surface area contributed by atoms with Gasteiger partial charge in [-0.05, 0) is 64.3 Å². The van der Waals surface area contributed by atoms with Crippen molar-refractivity contribution in [2.75, 3.05) is 26.9 Å². The first-order valence-corrected chi connectivity index (χ1v) is 8.47. The molecule has 0 radical (unpaired) electrons. The first-order valence-electron chi connectivity index (χ1n) is 8.47. The SMILES string of the molecule is CCOC(=O)C(C)(C)Oc1c(C)cc(CNCCCOC)cc1C. The highest BCUT2D eigenvalue weighted by Crippen LogP contribution is 2.29. The van der Waals surface area contributed by atoms with E-state index < -0.39 is 5.60 Å². The maximum absolute atomic E-state index is 12.0. The van der Waals surface area contributed by atoms with Gasteiger partial charge in [0.25, 0.3) is 0 Å². The highest BCUT2D eigenvalue weighted by atomic mass is 16.6. The molecule has 0 atom stereocenters. The Morgan fingerprint density at radius 1 is 1.21 bits per heavy atom. The van der Waals surface area contributed by atoms with Crippen molar-refractivity contribution in [3.8, 4) is 5.75 Å². The Morgan fingerprint density at radius 3 is 2.38 bits per heavy atom. The third-order valence-electron chi connectivity index (χ3n) is 3.68. The number of aryl methyl sites for hydroxylation is 2. The molecule has 0 aliphatic carbocycles. The number of esters is 1. The van der Waals surface area contributed by atoms with Crippen molar-refractivity contribution >= 4 is 5.97 Å². The molecule has 0 unspecified atom stereocenters. The van der Waals surface area contributed by atoms with Gasteiger partial charge in [0.05, 0.1) is 6.61 Å². The molecule has 0 saturated carbocycles. The van der Waals surface area contributed by atoms with Crippen molar-refractivity contribution in [3.63, 3.8) is 0 Å². The third-order valence-corrected chi connectivity index (χ3v) is 3.68. The minimum atomic E-state index is -1.01. The molecule has 0 spiro atoms. The summed E-state index contributed by atoms with van der Waals surface area (Å²) in [6, 6.07) is 4.18. The van der Waals surface area contributed by atoms with Crippen LogP contribution in [0.1, 0.15) is 43.9 Å². The first kappa shape index (κ1) is 20.5. The lowest BCUT2D eigenvalue weighted by Crippen LogP contribution is -2.40. The van der Waals surface area contributed by atoms with Gasteiger partial charge in [-0.1, -0.05) is 12.1 Å². The van der Waals surface area contributed by atoms with E-state index in [4.69, 9.17) is 14.2 Å². The summed E-state index contributed by atoms with van der Waals surface area (Å²) in [6.45, 7) is 12.1. The van der Waals surface area contributed by atoms with Gasteiger partial charge in [-0.3, -0.25) is 0 Å². The summed E-state index contributed by atoms with van der Waals surface area (Å²) in [4.78, 5) is 12.0. The maximum Gasteiger partial charge on any atom is 0.349 e. The molecular weight excluding hydrogens is 306 g/mol. The van der Waals surface area contributed by atoms with Crippen LogP contribution < -0.4 is 10.1 Å². The average molecular weight is 337 g/mol. The van der Waals surface area contributed by atoms with Crippen molar-refractivity contribution in [1.82, 2.24) is 5.32 Å². The van der Waals surface area contributed by atoms with E-state index in [9.17, 15) is 4.79 Å². The van der Waals surface area contributed by atoms with E-state index >= 15 is 0 Å². The normalized spacial score (nSPS) is 11.4. The highest BCUT2D eigenvalue weighted by molar-refractivity contribution is 5.79. The number of methoxy groups -OCH3 is 1. The van der Waals surface area contributed by atoms with Crippen LogP contribution in [0, 0.1) is 13.8 Å². The average Bonchev–Trinajstić information content (AvgIpc) is 2.51. The molecule has 136 valence electrons. The molecule has 0 fully saturated rings. The van der Waals surface area contributed by atoms with Crippen LogP contribution >= 0.6 is 0 Å². The summed E-state index contributed by atoms with van der Waals surface area (Å²) >= 11 is 0. The van der Waals surface area contributed by atoms with Gasteiger partial charge in [0.15, 0.2) is 5.60 Å². The summed E-state index contributed by atoms with van der Waals surface area (Å²) in [6.07, 6.45) is 0.989. The molecule has 0 aliphatic heterocycles. The predicted octanol–water partition coefficient (Wildman–Crippen LogP) is 3.15. The molecule has 0 bridgehead atoms. The second-order valence-corrected chi connectivity index (χ2v) is 6.41. The zero-order chi connectivity index (χ0) is 18.2. The second-order valence-electron chi connectivity index (χ2n) is 6.41. The van der Waals surface area contributed by atoms with Crippen LogP contribution in [0.5, 0.6) is 5.75 Å². The molecule has 24 heavy (non-hydrogen) atoms. The van der Waals surface area contributed by atoms with Crippen LogP contribution in [0.25, 0.3) is 0 Å². The number of hydrogen-bond acceptors (Lipinski definition) is 5. The van der Waals surface area contributed by atoms with Gasteiger partial charge < -0.3 is 19.5 Å². The number of carbonyl (C=O) groups excluding carboxylic acids is 1. The van der Waals surface area contributed by atoms with E-state index in [1.807, 2.05) is 13.8 Å². The van der Waals surface area contributed by atoms with E-state index in [0.717, 1.165) is 43.0 Å². The molecule has 0 amide bonds. The number of hydrogen-bond donors (Lipinski definition) is 1. The van der Waals surface area contributed by atoms with Crippen molar-refractivity contribution < 1.29 is 19.0 Å². The van der Waals surface area contributed by atoms with Crippen molar-refractivity contribution in [3.05, 3.63) is 28.8 Å². The van der Waals surface area contributed by atoms with Gasteiger partial charge >= 0.3 is 5.97 Å². The van der Waals surface area contributed by atoms with Crippen molar-refractivity contribution in [2.24, 2.45) is 0 Å². The number of ether oxygens (including phenoxy) is 3. The fraction of sp³-hybridized carbons (Fsp3) is 0.632. The summed E-state index contributed by atoms with van der Waals surface area (Å²) in [5.41, 5.74) is 2.22. The zero-order valence-corrected chi connectivity index (χ0v) is 15.8. The highest BCUT2D eigenvalue weighted by Gasteiger charge is 2.32. The number of rotatable bonds is 10. The molecular formula is C19H31NO4. The number of carbonyl (C=O) groups is 1. The summed E-state index contributed by atoms with van der Waals surface area (Å²) in [5, 5.41) is 3.40. The predicted molar refractivity (Wildman–Crippen MR) is 95.5 cm³/mol. The molecule has 0 heterocycles. The van der Waals surface area contributed by atoms with Gasteiger partial charge in [0, 0.05) is 20.3 Å². The molecule has 0 aromatic heterocycles. The smallest absolute Gasteiger partial charge is 0.349 e. The lowest BCUT2D eigenvalue weighted by Gasteiger charge is -2.26. The topological polar surface area (TPSA) is 56.8 Å². The Balaban J connectivity index is 2.75. The number of benzene rings is 1. The van der Waals surface area contributed by atoms with Gasteiger partial charge in [0.1, 0.15) is 5.75 Å². The monoisotopic (exact) mass is 337 g/mol. The maximum atomic E-state index is 12.0. The van der Waals surface area contributed by atoms with Crippen LogP contribution in [0.2, 0.25) is 0 Å². The summed E-state index contributed by atoms with van der Waals surface area (Å²) in [7, 11) is 1.71. The molecule has 1 rings (SSSR count). The summed E-state index contributed by atoms with van der Waals surface area (Å²) < 4.78 is 16.1. The van der Waals surface area contributed by atoms with Crippen LogP contribution in [-0.2, 0) is 20.8 Å². The fourth-order valence-electron chi connectivity index (χ4n) is 2.48. The van der Waals surface area contributed by atoms with E-state index in [1.165, 1.54) is 5.56 Å². The van der Waals surface area contributed by atoms with Gasteiger partial charge in [-0.2, -0.15) is 0 Å². The molecule has 1 aromatic carbocycles. The second kappa shape index (κ2) is 9.64. The minimum Gasteiger partial charge on any atom is -0.476 e. The molecule has 5 nitrogen and oxygen atoms in total. The Hall–Kier alpha value is -1.59. The van der Waals surface area contributed by atoms with Crippen molar-refractivity contribution in [2.45, 2.75) is 53.2 Å². The van der Waals surface area contributed by atoms with Gasteiger partial charge in [-0.25, -0.2) is 4.79 Å². The Morgan fingerprint density at radius 2 is 1.83 bits per heavy atom. The summed E-state index contributed by atoms with van der Waals surface area (Å²) in [5.74, 6) is 0.392. The zero-order valence-electron chi connectivity index (χ0n) is 15.8. The Kier molecular flexibility index (Phi) is 8.22. The third kappa shape index (κ3) is 6.13. The van der Waals surface area contributed by atoms with E-state index in [-0.39, 0.29) is 5.97 Å². The molecule has 0 saturated heterocycles. The van der Waals surface area contributed by atoms with Gasteiger partial charge in [0.2, 0.25) is 0 Å². The van der Waals surface area contributed by atoms with Crippen LogP contribution in [0.3, 0.4) is 0 Å². The number of nitrogens with one attached hydrogen (secondary N) is 1. The van der Waals surface area contributed by atoms with Crippen LogP contribution in [0.15, 0.2) is 12.1 Å². The van der Waals surface area contributed by atoms with Gasteiger partial charge in [-0.15, -0.1) is 0 Å². The Bertz CT molecular complexity index is 517. The van der Waals surface area contributed by atoms with Crippen LogP contribution in [-0.4, -0.2) is 38.4 Å². The molecule has 0 aliphatic rings. The standard InChI is InChI=1S/C19H31NO4/c1-7-23-18(21)19(4,5)24-17-14(2)11-16(12-15(17)3)13-20-9-8-10-22-6/h11-12,20H,7-10,13H2,1-6H3. The fourth-order valence-corrected chi connectivity index (χ4v) is 2.48. The first-order chi connectivity index (χ1) is 11.3. The van der Waals surface area contributed by atoms with Crippen molar-refractivity contribution in [1.29, 1.82) is 0 Å². The quantitative estimate of drug-likeness (QED) is 0.525. The van der Waals surface area contributed by atoms with E-state index in [0.29, 0.717) is 6.61 Å². The molecule has 1 aromatic rings. The minimum absolute atomic E-state index is 0.345. The largest absolute Gasteiger partial charge is 0.476 e. The lowest BCUT2D eigenvalue weighted by molar-refractivity contribution is -0.158. The molecule has 1 N–H and O–H groups in total. The Labute approximate surface area is 145 Å². The van der Waals surface area contributed by atoms with E-state index in [2.05, 4.69) is 17.4 Å². The van der Waals surface area contributed by atoms with E-state index in [1.54, 1.807) is 27.9 Å². The van der Waals surface area contributed by atoms with Crippen LogP contribution in [0.4, 0.5) is 0 Å².